The lowest BCUT2D eigenvalue weighted by Gasteiger charge is -2.16. The highest BCUT2D eigenvalue weighted by Crippen LogP contribution is 2.38. The molecule has 0 fully saturated rings. The Morgan fingerprint density at radius 1 is 0.696 bits per heavy atom. The minimum atomic E-state index is -0.588. The molecule has 0 atom stereocenters. The minimum absolute atomic E-state index is 0.0510. The molecule has 1 heterocycles. The van der Waals surface area contributed by atoms with E-state index in [0.29, 0.717) is 28.1 Å². The van der Waals surface area contributed by atoms with Crippen LogP contribution >= 0.6 is 0 Å². The van der Waals surface area contributed by atoms with Gasteiger partial charge in [-0.3, -0.25) is 0 Å². The fourth-order valence-electron chi connectivity index (χ4n) is 2.81. The van der Waals surface area contributed by atoms with Gasteiger partial charge < -0.3 is 0 Å². The number of rotatable bonds is 2. The van der Waals surface area contributed by atoms with Crippen molar-refractivity contribution < 1.29 is 8.78 Å². The van der Waals surface area contributed by atoms with E-state index in [2.05, 4.69) is 10.2 Å². The van der Waals surface area contributed by atoms with Gasteiger partial charge in [-0.1, -0.05) is 30.3 Å². The topological polar surface area (TPSA) is 25.8 Å². The highest BCUT2D eigenvalue weighted by molar-refractivity contribution is 5.86. The van der Waals surface area contributed by atoms with Crippen LogP contribution in [0.4, 0.5) is 8.78 Å². The lowest BCUT2D eigenvalue weighted by Crippen LogP contribution is -2.03. The van der Waals surface area contributed by atoms with Crippen LogP contribution in [0.1, 0.15) is 17.0 Å². The Morgan fingerprint density at radius 3 is 1.78 bits per heavy atom. The van der Waals surface area contributed by atoms with Crippen molar-refractivity contribution in [1.82, 2.24) is 10.2 Å². The number of hydrogen-bond acceptors (Lipinski definition) is 2. The van der Waals surface area contributed by atoms with Crippen LogP contribution in [0.3, 0.4) is 0 Å². The first kappa shape index (κ1) is 15.3. The maximum Gasteiger partial charge on any atom is 0.134 e. The number of aryl methyl sites for hydroxylation is 3. The van der Waals surface area contributed by atoms with Gasteiger partial charge in [0.1, 0.15) is 11.6 Å². The Morgan fingerprint density at radius 2 is 1.22 bits per heavy atom. The molecule has 3 rings (SSSR count). The molecule has 23 heavy (non-hydrogen) atoms. The third kappa shape index (κ3) is 2.72. The van der Waals surface area contributed by atoms with Crippen LogP contribution in [0.25, 0.3) is 22.3 Å². The predicted molar refractivity (Wildman–Crippen MR) is 87.0 cm³/mol. The summed E-state index contributed by atoms with van der Waals surface area (Å²) in [4.78, 5) is 0. The second-order valence-electron chi connectivity index (χ2n) is 5.59. The fraction of sp³-hybridized carbons (Fsp3) is 0.158. The molecular weight excluding hydrogens is 294 g/mol. The molecule has 4 heteroatoms. The van der Waals surface area contributed by atoms with E-state index in [1.807, 2.05) is 30.3 Å². The zero-order valence-corrected chi connectivity index (χ0v) is 13.2. The molecule has 116 valence electrons. The van der Waals surface area contributed by atoms with Crippen molar-refractivity contribution in [1.29, 1.82) is 0 Å². The zero-order valence-electron chi connectivity index (χ0n) is 13.2. The Bertz CT molecular complexity index is 851. The molecule has 1 aromatic heterocycles. The van der Waals surface area contributed by atoms with Gasteiger partial charge in [0.25, 0.3) is 0 Å². The first-order chi connectivity index (χ1) is 11.0. The van der Waals surface area contributed by atoms with E-state index in [-0.39, 0.29) is 5.56 Å². The van der Waals surface area contributed by atoms with Crippen LogP contribution in [0, 0.1) is 32.4 Å². The molecule has 0 aliphatic carbocycles. The van der Waals surface area contributed by atoms with E-state index < -0.39 is 11.6 Å². The van der Waals surface area contributed by atoms with Crippen LogP contribution in [0.15, 0.2) is 42.5 Å². The highest BCUT2D eigenvalue weighted by atomic mass is 19.1. The Balaban J connectivity index is 2.40. The zero-order chi connectivity index (χ0) is 16.6. The summed E-state index contributed by atoms with van der Waals surface area (Å²) in [7, 11) is 0. The molecule has 0 radical (unpaired) electrons. The predicted octanol–water partition coefficient (Wildman–Crippen LogP) is 5.01. The summed E-state index contributed by atoms with van der Waals surface area (Å²) in [6, 6.07) is 12.1. The summed E-state index contributed by atoms with van der Waals surface area (Å²) in [5.74, 6) is -1.18. The van der Waals surface area contributed by atoms with E-state index in [4.69, 9.17) is 0 Å². The first-order valence-electron chi connectivity index (χ1n) is 7.34. The number of nitrogens with zero attached hydrogens (tertiary/aromatic N) is 2. The summed E-state index contributed by atoms with van der Waals surface area (Å²) in [6.45, 7) is 5.17. The molecule has 0 spiro atoms. The van der Waals surface area contributed by atoms with E-state index in [1.54, 1.807) is 20.8 Å². The van der Waals surface area contributed by atoms with Crippen molar-refractivity contribution in [3.8, 4) is 22.3 Å². The quantitative estimate of drug-likeness (QED) is 0.664. The molecule has 0 N–H and O–H groups in total. The van der Waals surface area contributed by atoms with Crippen LogP contribution in [0.5, 0.6) is 0 Å². The normalized spacial score (nSPS) is 10.8. The van der Waals surface area contributed by atoms with Gasteiger partial charge in [0.05, 0.1) is 17.0 Å². The van der Waals surface area contributed by atoms with Gasteiger partial charge in [-0.2, -0.15) is 10.2 Å². The molecule has 0 unspecified atom stereocenters. The maximum absolute atomic E-state index is 14.5. The second-order valence-corrected chi connectivity index (χ2v) is 5.59. The molecule has 0 saturated carbocycles. The van der Waals surface area contributed by atoms with Crippen LogP contribution < -0.4 is 0 Å². The van der Waals surface area contributed by atoms with Gasteiger partial charge in [-0.05, 0) is 44.0 Å². The van der Waals surface area contributed by atoms with Crippen molar-refractivity contribution in [3.05, 3.63) is 71.1 Å². The molecule has 2 aromatic carbocycles. The summed E-state index contributed by atoms with van der Waals surface area (Å²) >= 11 is 0. The Labute approximate surface area is 133 Å². The van der Waals surface area contributed by atoms with Crippen LogP contribution in [-0.4, -0.2) is 10.2 Å². The average molecular weight is 310 g/mol. The van der Waals surface area contributed by atoms with Gasteiger partial charge in [0, 0.05) is 11.1 Å². The first-order valence-corrected chi connectivity index (χ1v) is 7.34. The van der Waals surface area contributed by atoms with E-state index in [9.17, 15) is 8.78 Å². The van der Waals surface area contributed by atoms with Crippen molar-refractivity contribution in [2.75, 3.05) is 0 Å². The summed E-state index contributed by atoms with van der Waals surface area (Å²) in [6.07, 6.45) is 0. The fourth-order valence-corrected chi connectivity index (χ4v) is 2.81. The van der Waals surface area contributed by atoms with Gasteiger partial charge in [-0.25, -0.2) is 8.78 Å². The second kappa shape index (κ2) is 5.88. The van der Waals surface area contributed by atoms with Crippen molar-refractivity contribution in [2.45, 2.75) is 20.8 Å². The Hall–Kier alpha value is -2.62. The number of benzene rings is 2. The number of aromatic nitrogens is 2. The van der Waals surface area contributed by atoms with E-state index in [0.717, 1.165) is 5.56 Å². The summed E-state index contributed by atoms with van der Waals surface area (Å²) in [5.41, 5.74) is 3.65. The monoisotopic (exact) mass is 310 g/mol. The van der Waals surface area contributed by atoms with Crippen molar-refractivity contribution >= 4 is 0 Å². The molecule has 2 nitrogen and oxygen atoms in total. The SMILES string of the molecule is Cc1cc(F)c(-c2c(C)nnc(C)c2-c2ccccc2)c(F)c1. The minimum Gasteiger partial charge on any atom is -0.206 e. The molecule has 0 saturated heterocycles. The highest BCUT2D eigenvalue weighted by Gasteiger charge is 2.21. The van der Waals surface area contributed by atoms with Crippen molar-refractivity contribution in [3.63, 3.8) is 0 Å². The third-order valence-electron chi connectivity index (χ3n) is 3.82. The van der Waals surface area contributed by atoms with Gasteiger partial charge in [0.15, 0.2) is 0 Å². The molecule has 0 aliphatic heterocycles. The average Bonchev–Trinajstić information content (AvgIpc) is 2.50. The van der Waals surface area contributed by atoms with Crippen LogP contribution in [0.2, 0.25) is 0 Å². The molecule has 0 aliphatic rings. The molecular formula is C19H16F2N2. The lowest BCUT2D eigenvalue weighted by molar-refractivity contribution is 0.587. The van der Waals surface area contributed by atoms with Crippen LogP contribution in [-0.2, 0) is 0 Å². The van der Waals surface area contributed by atoms with Gasteiger partial charge in [-0.15, -0.1) is 0 Å². The number of hydrogen-bond donors (Lipinski definition) is 0. The van der Waals surface area contributed by atoms with Crippen molar-refractivity contribution in [2.24, 2.45) is 0 Å². The number of halogens is 2. The Kier molecular flexibility index (Phi) is 3.90. The molecule has 0 amide bonds. The summed E-state index contributed by atoms with van der Waals surface area (Å²) in [5, 5.41) is 8.19. The molecule has 3 aromatic rings. The van der Waals surface area contributed by atoms with Gasteiger partial charge in [0.2, 0.25) is 0 Å². The van der Waals surface area contributed by atoms with E-state index >= 15 is 0 Å². The smallest absolute Gasteiger partial charge is 0.134 e. The van der Waals surface area contributed by atoms with E-state index in [1.165, 1.54) is 12.1 Å². The lowest BCUT2D eigenvalue weighted by atomic mass is 9.91. The third-order valence-corrected chi connectivity index (χ3v) is 3.82. The summed E-state index contributed by atoms with van der Waals surface area (Å²) < 4.78 is 29.0. The largest absolute Gasteiger partial charge is 0.206 e. The molecule has 0 bridgehead atoms. The standard InChI is InChI=1S/C19H16F2N2/c1-11-9-15(20)19(16(21)10-11)18-13(3)23-22-12(2)17(18)14-7-5-4-6-8-14/h4-10H,1-3H3. The maximum atomic E-state index is 14.5. The van der Waals surface area contributed by atoms with Gasteiger partial charge >= 0.3 is 0 Å².